The van der Waals surface area contributed by atoms with Crippen LogP contribution in [0.25, 0.3) is 0 Å². The van der Waals surface area contributed by atoms with E-state index in [9.17, 15) is 19.4 Å². The van der Waals surface area contributed by atoms with Crippen LogP contribution < -0.4 is 10.2 Å². The summed E-state index contributed by atoms with van der Waals surface area (Å²) in [5, 5.41) is 14.0. The van der Waals surface area contributed by atoms with E-state index in [1.54, 1.807) is 6.08 Å². The molecule has 3 unspecified atom stereocenters. The van der Waals surface area contributed by atoms with Crippen molar-refractivity contribution in [2.24, 2.45) is 0 Å². The zero-order chi connectivity index (χ0) is 57.0. The Hall–Kier alpha value is -1.02. The lowest BCUT2D eigenvalue weighted by molar-refractivity contribution is -0.870. The molecule has 0 fully saturated rings. The molecular formula is C69H137N2O6P. The molecule has 8 nitrogen and oxygen atoms in total. The first kappa shape index (κ1) is 77.0. The Balaban J connectivity index is 4.06. The normalized spacial score (nSPS) is 13.8. The largest absolute Gasteiger partial charge is 0.756 e. The van der Waals surface area contributed by atoms with Gasteiger partial charge in [-0.05, 0) is 44.9 Å². The molecule has 0 saturated heterocycles. The number of unbranched alkanes of at least 4 members (excludes halogenated alkanes) is 50. The summed E-state index contributed by atoms with van der Waals surface area (Å²) >= 11 is 0. The van der Waals surface area contributed by atoms with E-state index in [1.165, 1.54) is 302 Å². The van der Waals surface area contributed by atoms with Gasteiger partial charge in [-0.2, -0.15) is 0 Å². The molecule has 0 aromatic carbocycles. The van der Waals surface area contributed by atoms with Crippen molar-refractivity contribution in [1.82, 2.24) is 5.32 Å². The maximum atomic E-state index is 13.0. The van der Waals surface area contributed by atoms with E-state index in [0.717, 1.165) is 38.5 Å². The van der Waals surface area contributed by atoms with Crippen molar-refractivity contribution < 1.29 is 32.9 Å². The lowest BCUT2D eigenvalue weighted by Gasteiger charge is -2.29. The Morgan fingerprint density at radius 1 is 0.436 bits per heavy atom. The van der Waals surface area contributed by atoms with Crippen molar-refractivity contribution in [1.29, 1.82) is 0 Å². The number of allylic oxidation sites excluding steroid dienone is 3. The van der Waals surface area contributed by atoms with Gasteiger partial charge >= 0.3 is 0 Å². The van der Waals surface area contributed by atoms with Crippen molar-refractivity contribution in [3.05, 3.63) is 24.3 Å². The standard InChI is InChI=1S/C69H137N2O6P/c1-6-8-10-12-14-16-18-20-22-24-26-28-30-32-34-35-37-38-40-42-44-46-48-50-52-54-56-58-60-62-68(72)67(66-77-78(74,75)76-65-64-71(3,4)5)70-69(73)63-61-59-57-55-53-51-49-47-45-43-41-39-36-33-31-29-27-25-23-21-19-17-15-13-11-9-7-2/h25,27,60,62,67-68,72H,6-24,26,28-59,61,63-66H2,1-5H3,(H-,70,73,74,75)/b27-25-,62-60+. The minimum Gasteiger partial charge on any atom is -0.756 e. The highest BCUT2D eigenvalue weighted by molar-refractivity contribution is 7.45. The lowest BCUT2D eigenvalue weighted by Crippen LogP contribution is -2.45. The molecule has 0 rings (SSSR count). The molecule has 0 spiro atoms. The second-order valence-corrected chi connectivity index (χ2v) is 26.7. The van der Waals surface area contributed by atoms with E-state index >= 15 is 0 Å². The Kier molecular flexibility index (Phi) is 59.8. The van der Waals surface area contributed by atoms with E-state index < -0.39 is 20.0 Å². The van der Waals surface area contributed by atoms with Gasteiger partial charge < -0.3 is 28.8 Å². The summed E-state index contributed by atoms with van der Waals surface area (Å²) in [7, 11) is 1.28. The highest BCUT2D eigenvalue weighted by Crippen LogP contribution is 2.38. The maximum Gasteiger partial charge on any atom is 0.268 e. The molecule has 0 aliphatic rings. The Labute approximate surface area is 487 Å². The molecule has 0 heterocycles. The number of nitrogens with one attached hydrogen (secondary N) is 1. The molecule has 464 valence electrons. The first-order valence-corrected chi connectivity index (χ1v) is 36.2. The van der Waals surface area contributed by atoms with Gasteiger partial charge in [0, 0.05) is 6.42 Å². The number of carbonyl (C=O) groups excluding carboxylic acids is 1. The molecule has 0 aliphatic heterocycles. The summed E-state index contributed by atoms with van der Waals surface area (Å²) in [6.45, 7) is 4.71. The number of aliphatic hydroxyl groups is 1. The third kappa shape index (κ3) is 62.6. The van der Waals surface area contributed by atoms with Gasteiger partial charge in [-0.25, -0.2) is 0 Å². The van der Waals surface area contributed by atoms with Gasteiger partial charge in [-0.1, -0.05) is 334 Å². The van der Waals surface area contributed by atoms with Crippen LogP contribution in [-0.4, -0.2) is 68.5 Å². The number of likely N-dealkylation sites (N-methyl/N-ethyl adjacent to an activating group) is 1. The summed E-state index contributed by atoms with van der Waals surface area (Å²) in [5.74, 6) is -0.190. The zero-order valence-corrected chi connectivity index (χ0v) is 54.0. The van der Waals surface area contributed by atoms with Crippen LogP contribution in [0, 0.1) is 0 Å². The van der Waals surface area contributed by atoms with Gasteiger partial charge in [-0.3, -0.25) is 9.36 Å². The molecule has 0 aliphatic carbocycles. The van der Waals surface area contributed by atoms with Crippen LogP contribution in [0.4, 0.5) is 0 Å². The van der Waals surface area contributed by atoms with E-state index in [1.807, 2.05) is 27.2 Å². The second kappa shape index (κ2) is 60.6. The number of hydrogen-bond acceptors (Lipinski definition) is 6. The first-order chi connectivity index (χ1) is 38.0. The van der Waals surface area contributed by atoms with Crippen molar-refractivity contribution in [2.75, 3.05) is 40.9 Å². The average Bonchev–Trinajstić information content (AvgIpc) is 3.41. The van der Waals surface area contributed by atoms with Crippen molar-refractivity contribution in [3.63, 3.8) is 0 Å². The Morgan fingerprint density at radius 2 is 0.705 bits per heavy atom. The van der Waals surface area contributed by atoms with Crippen LogP contribution in [0.1, 0.15) is 361 Å². The molecular weight excluding hydrogens is 984 g/mol. The third-order valence-corrected chi connectivity index (χ3v) is 17.1. The van der Waals surface area contributed by atoms with Crippen LogP contribution in [0.3, 0.4) is 0 Å². The highest BCUT2D eigenvalue weighted by atomic mass is 31.2. The van der Waals surface area contributed by atoms with Crippen LogP contribution in [0.5, 0.6) is 0 Å². The van der Waals surface area contributed by atoms with E-state index in [0.29, 0.717) is 17.4 Å². The molecule has 78 heavy (non-hydrogen) atoms. The van der Waals surface area contributed by atoms with Crippen LogP contribution in [0.2, 0.25) is 0 Å². The van der Waals surface area contributed by atoms with Gasteiger partial charge in [0.25, 0.3) is 7.82 Å². The van der Waals surface area contributed by atoms with E-state index in [4.69, 9.17) is 9.05 Å². The highest BCUT2D eigenvalue weighted by Gasteiger charge is 2.23. The van der Waals surface area contributed by atoms with Crippen LogP contribution >= 0.6 is 7.82 Å². The SMILES string of the molecule is CCCCCCCCCC/C=C\CCCCCCCCCCCCCCCCCC(=O)NC(COP(=O)([O-])OCC[N+](C)(C)C)C(O)/C=C/CCCCCCCCCCCCCCCCCCCCCCCCCCCCC. The number of amides is 1. The fraction of sp³-hybridized carbons (Fsp3) is 0.928. The number of carbonyl (C=O) groups is 1. The maximum absolute atomic E-state index is 13.0. The van der Waals surface area contributed by atoms with Crippen molar-refractivity contribution >= 4 is 13.7 Å². The van der Waals surface area contributed by atoms with Crippen molar-refractivity contribution in [2.45, 2.75) is 373 Å². The summed E-state index contributed by atoms with van der Waals surface area (Å²) in [6.07, 6.45) is 78.7. The average molecular weight is 1120 g/mol. The lowest BCUT2D eigenvalue weighted by atomic mass is 10.0. The van der Waals surface area contributed by atoms with Gasteiger partial charge in [0.05, 0.1) is 39.9 Å². The summed E-state index contributed by atoms with van der Waals surface area (Å²) in [6, 6.07) is -0.886. The number of hydrogen-bond donors (Lipinski definition) is 2. The fourth-order valence-electron chi connectivity index (χ4n) is 10.7. The van der Waals surface area contributed by atoms with Gasteiger partial charge in [0.15, 0.2) is 0 Å². The van der Waals surface area contributed by atoms with Gasteiger partial charge in [0.1, 0.15) is 13.2 Å². The molecule has 9 heteroatoms. The second-order valence-electron chi connectivity index (χ2n) is 25.2. The van der Waals surface area contributed by atoms with Gasteiger partial charge in [-0.15, -0.1) is 0 Å². The Morgan fingerprint density at radius 3 is 1.00 bits per heavy atom. The van der Waals surface area contributed by atoms with Crippen molar-refractivity contribution in [3.8, 4) is 0 Å². The molecule has 2 N–H and O–H groups in total. The quantitative estimate of drug-likeness (QED) is 0.0272. The third-order valence-electron chi connectivity index (χ3n) is 16.2. The smallest absolute Gasteiger partial charge is 0.268 e. The number of aliphatic hydroxyl groups excluding tert-OH is 1. The molecule has 0 saturated carbocycles. The summed E-state index contributed by atoms with van der Waals surface area (Å²) in [5.41, 5.74) is 0. The molecule has 0 bridgehead atoms. The predicted octanol–water partition coefficient (Wildman–Crippen LogP) is 21.3. The van der Waals surface area contributed by atoms with Crippen LogP contribution in [-0.2, 0) is 18.4 Å². The topological polar surface area (TPSA) is 108 Å². The fourth-order valence-corrected chi connectivity index (χ4v) is 11.5. The van der Waals surface area contributed by atoms with Crippen LogP contribution in [0.15, 0.2) is 24.3 Å². The summed E-state index contributed by atoms with van der Waals surface area (Å²) < 4.78 is 23.5. The minimum atomic E-state index is -4.60. The number of rotatable bonds is 65. The molecule has 0 aromatic rings. The van der Waals surface area contributed by atoms with E-state index in [-0.39, 0.29) is 19.1 Å². The van der Waals surface area contributed by atoms with E-state index in [2.05, 4.69) is 31.3 Å². The molecule has 1 amide bonds. The number of phosphoric ester groups is 1. The van der Waals surface area contributed by atoms with Gasteiger partial charge in [0.2, 0.25) is 5.91 Å². The number of nitrogens with zero attached hydrogens (tertiary/aromatic N) is 1. The molecule has 0 aromatic heterocycles. The number of phosphoric acid groups is 1. The summed E-state index contributed by atoms with van der Waals surface area (Å²) in [4.78, 5) is 25.6. The number of quaternary nitrogens is 1. The zero-order valence-electron chi connectivity index (χ0n) is 53.2. The minimum absolute atomic E-state index is 0.00159. The molecule has 0 radical (unpaired) electrons. The first-order valence-electron chi connectivity index (χ1n) is 34.7. The monoisotopic (exact) mass is 1120 g/mol. The predicted molar refractivity (Wildman–Crippen MR) is 339 cm³/mol. The Bertz CT molecular complexity index is 1320. The molecule has 3 atom stereocenters.